The molecule has 0 aromatic heterocycles. The van der Waals surface area contributed by atoms with Crippen molar-refractivity contribution in [2.75, 3.05) is 31.1 Å². The van der Waals surface area contributed by atoms with Crippen LogP contribution in [0.3, 0.4) is 0 Å². The van der Waals surface area contributed by atoms with Crippen molar-refractivity contribution in [2.45, 2.75) is 38.5 Å². The Morgan fingerprint density at radius 1 is 1.11 bits per heavy atom. The van der Waals surface area contributed by atoms with E-state index in [9.17, 15) is 8.42 Å². The number of likely N-dealkylation sites (tertiary alicyclic amines) is 1. The van der Waals surface area contributed by atoms with Crippen molar-refractivity contribution < 1.29 is 8.42 Å². The van der Waals surface area contributed by atoms with Crippen LogP contribution in [-0.2, 0) is 9.84 Å². The highest BCUT2D eigenvalue weighted by Crippen LogP contribution is 2.19. The van der Waals surface area contributed by atoms with E-state index in [4.69, 9.17) is 5.73 Å². The molecule has 0 unspecified atom stereocenters. The van der Waals surface area contributed by atoms with E-state index in [1.165, 1.54) is 25.7 Å². The molecule has 0 saturated carbocycles. The lowest BCUT2D eigenvalue weighted by atomic mass is 10.0. The van der Waals surface area contributed by atoms with Gasteiger partial charge in [-0.25, -0.2) is 8.42 Å². The number of hydrogen-bond acceptors (Lipinski definition) is 3. The molecule has 0 aliphatic carbocycles. The quantitative estimate of drug-likeness (QED) is 0.607. The van der Waals surface area contributed by atoms with Crippen LogP contribution in [-0.4, -0.2) is 50.4 Å². The van der Waals surface area contributed by atoms with Crippen LogP contribution in [0.4, 0.5) is 0 Å². The molecule has 2 aliphatic rings. The van der Waals surface area contributed by atoms with Gasteiger partial charge in [0.15, 0.2) is 5.96 Å². The van der Waals surface area contributed by atoms with Crippen LogP contribution in [0.15, 0.2) is 4.99 Å². The van der Waals surface area contributed by atoms with Crippen LogP contribution in [0.25, 0.3) is 0 Å². The van der Waals surface area contributed by atoms with E-state index < -0.39 is 9.84 Å². The maximum absolute atomic E-state index is 11.4. The van der Waals surface area contributed by atoms with Crippen molar-refractivity contribution in [2.24, 2.45) is 16.6 Å². The molecule has 0 spiro atoms. The first kappa shape index (κ1) is 14.6. The van der Waals surface area contributed by atoms with Crippen LogP contribution in [0, 0.1) is 5.92 Å². The molecule has 0 bridgehead atoms. The molecule has 2 rings (SSSR count). The molecule has 0 aromatic carbocycles. The molecule has 2 heterocycles. The topological polar surface area (TPSA) is 75.8 Å². The summed E-state index contributed by atoms with van der Waals surface area (Å²) < 4.78 is 22.7. The normalized spacial score (nSPS) is 26.1. The minimum atomic E-state index is -2.77. The van der Waals surface area contributed by atoms with Crippen LogP contribution in [0.1, 0.15) is 38.5 Å². The minimum absolute atomic E-state index is 0.316. The van der Waals surface area contributed by atoms with Gasteiger partial charge in [-0.15, -0.1) is 0 Å². The predicted octanol–water partition coefficient (Wildman–Crippen LogP) is 1.00. The molecule has 6 heteroatoms. The van der Waals surface area contributed by atoms with Gasteiger partial charge in [0.2, 0.25) is 0 Å². The Kier molecular flexibility index (Phi) is 5.07. The molecule has 2 fully saturated rings. The highest BCUT2D eigenvalue weighted by molar-refractivity contribution is 7.91. The van der Waals surface area contributed by atoms with E-state index in [0.29, 0.717) is 29.9 Å². The van der Waals surface area contributed by atoms with E-state index in [0.717, 1.165) is 25.9 Å². The van der Waals surface area contributed by atoms with Crippen molar-refractivity contribution in [3.63, 3.8) is 0 Å². The highest BCUT2D eigenvalue weighted by atomic mass is 32.2. The zero-order chi connectivity index (χ0) is 13.7. The highest BCUT2D eigenvalue weighted by Gasteiger charge is 2.23. The average Bonchev–Trinajstić information content (AvgIpc) is 2.66. The second-order valence-electron chi connectivity index (χ2n) is 5.70. The first-order valence-corrected chi connectivity index (χ1v) is 9.14. The Morgan fingerprint density at radius 2 is 1.68 bits per heavy atom. The molecule has 0 amide bonds. The van der Waals surface area contributed by atoms with Gasteiger partial charge in [-0.05, 0) is 31.6 Å². The molecule has 0 atom stereocenters. The molecule has 0 aromatic rings. The van der Waals surface area contributed by atoms with Gasteiger partial charge in [0, 0.05) is 19.6 Å². The maximum Gasteiger partial charge on any atom is 0.191 e. The summed E-state index contributed by atoms with van der Waals surface area (Å²) in [5.41, 5.74) is 6.05. The second kappa shape index (κ2) is 6.59. The van der Waals surface area contributed by atoms with E-state index in [1.54, 1.807) is 0 Å². The second-order valence-corrected chi connectivity index (χ2v) is 8.00. The fraction of sp³-hybridized carbons (Fsp3) is 0.923. The summed E-state index contributed by atoms with van der Waals surface area (Å²) in [5, 5.41) is 0. The largest absolute Gasteiger partial charge is 0.370 e. The predicted molar refractivity (Wildman–Crippen MR) is 77.9 cm³/mol. The van der Waals surface area contributed by atoms with Gasteiger partial charge in [0.25, 0.3) is 0 Å². The molecule has 2 saturated heterocycles. The summed E-state index contributed by atoms with van der Waals surface area (Å²) in [4.78, 5) is 6.66. The lowest BCUT2D eigenvalue weighted by Crippen LogP contribution is -2.38. The molecule has 5 nitrogen and oxygen atoms in total. The van der Waals surface area contributed by atoms with Crippen LogP contribution in [0.5, 0.6) is 0 Å². The van der Waals surface area contributed by atoms with Gasteiger partial charge in [0.05, 0.1) is 11.5 Å². The van der Waals surface area contributed by atoms with Gasteiger partial charge in [-0.1, -0.05) is 12.8 Å². The summed E-state index contributed by atoms with van der Waals surface area (Å²) in [6, 6.07) is 0. The summed E-state index contributed by atoms with van der Waals surface area (Å²) in [5.74, 6) is 1.66. The number of nitrogens with zero attached hydrogens (tertiary/aromatic N) is 2. The van der Waals surface area contributed by atoms with Crippen molar-refractivity contribution >= 4 is 15.8 Å². The average molecular weight is 287 g/mol. The Balaban J connectivity index is 1.81. The third-order valence-corrected chi connectivity index (χ3v) is 5.83. The number of hydrogen-bond donors (Lipinski definition) is 1. The monoisotopic (exact) mass is 287 g/mol. The van der Waals surface area contributed by atoms with E-state index >= 15 is 0 Å². The van der Waals surface area contributed by atoms with Crippen molar-refractivity contribution in [3.8, 4) is 0 Å². The third kappa shape index (κ3) is 4.67. The lowest BCUT2D eigenvalue weighted by molar-refractivity contribution is 0.421. The molecule has 0 radical (unpaired) electrons. The van der Waals surface area contributed by atoms with Gasteiger partial charge in [-0.2, -0.15) is 0 Å². The van der Waals surface area contributed by atoms with Gasteiger partial charge in [0.1, 0.15) is 9.84 Å². The number of guanidine groups is 1. The summed E-state index contributed by atoms with van der Waals surface area (Å²) >= 11 is 0. The standard InChI is InChI=1S/C13H25N3O2S/c14-13(16-7-3-1-2-4-8-16)15-11-12-5-9-19(17,18)10-6-12/h12H,1-11H2,(H2,14,15). The van der Waals surface area contributed by atoms with Crippen LogP contribution in [0.2, 0.25) is 0 Å². The van der Waals surface area contributed by atoms with Crippen LogP contribution < -0.4 is 5.73 Å². The summed E-state index contributed by atoms with van der Waals surface area (Å²) in [7, 11) is -2.77. The minimum Gasteiger partial charge on any atom is -0.370 e. The SMILES string of the molecule is NC(=NCC1CCS(=O)(=O)CC1)N1CCCCCC1. The Labute approximate surface area is 116 Å². The molecular formula is C13H25N3O2S. The molecular weight excluding hydrogens is 262 g/mol. The Morgan fingerprint density at radius 3 is 2.26 bits per heavy atom. The third-order valence-electron chi connectivity index (χ3n) is 4.12. The molecule has 19 heavy (non-hydrogen) atoms. The fourth-order valence-electron chi connectivity index (χ4n) is 2.74. The summed E-state index contributed by atoms with van der Waals surface area (Å²) in [6.07, 6.45) is 6.42. The first-order valence-electron chi connectivity index (χ1n) is 7.32. The van der Waals surface area contributed by atoms with E-state index in [1.807, 2.05) is 0 Å². The van der Waals surface area contributed by atoms with Crippen molar-refractivity contribution in [3.05, 3.63) is 0 Å². The maximum atomic E-state index is 11.4. The number of rotatable bonds is 2. The smallest absolute Gasteiger partial charge is 0.191 e. The number of aliphatic imine (C=N–C) groups is 1. The van der Waals surface area contributed by atoms with Crippen molar-refractivity contribution in [1.29, 1.82) is 0 Å². The van der Waals surface area contributed by atoms with Gasteiger partial charge in [-0.3, -0.25) is 4.99 Å². The van der Waals surface area contributed by atoms with E-state index in [-0.39, 0.29) is 0 Å². The first-order chi connectivity index (χ1) is 9.07. The van der Waals surface area contributed by atoms with Gasteiger partial charge >= 0.3 is 0 Å². The molecule has 110 valence electrons. The Bertz CT molecular complexity index is 398. The zero-order valence-corrected chi connectivity index (χ0v) is 12.4. The van der Waals surface area contributed by atoms with Crippen molar-refractivity contribution in [1.82, 2.24) is 4.90 Å². The Hall–Kier alpha value is -0.780. The van der Waals surface area contributed by atoms with E-state index in [2.05, 4.69) is 9.89 Å². The van der Waals surface area contributed by atoms with Gasteiger partial charge < -0.3 is 10.6 Å². The summed E-state index contributed by atoms with van der Waals surface area (Å²) in [6.45, 7) is 2.70. The van der Waals surface area contributed by atoms with Crippen LogP contribution >= 0.6 is 0 Å². The lowest BCUT2D eigenvalue weighted by Gasteiger charge is -2.23. The number of sulfone groups is 1. The molecule has 2 aliphatic heterocycles. The number of nitrogens with two attached hydrogens (primary N) is 1. The fourth-order valence-corrected chi connectivity index (χ4v) is 4.33. The zero-order valence-electron chi connectivity index (χ0n) is 11.6. The molecule has 2 N–H and O–H groups in total.